The van der Waals surface area contributed by atoms with E-state index in [0.717, 1.165) is 19.6 Å². The molecule has 3 nitrogen and oxygen atoms in total. The molecule has 1 aromatic carbocycles. The summed E-state index contributed by atoms with van der Waals surface area (Å²) in [5.74, 6) is 0.818. The highest BCUT2D eigenvalue weighted by molar-refractivity contribution is 6.31. The van der Waals surface area contributed by atoms with Gasteiger partial charge in [-0.25, -0.2) is 0 Å². The molecule has 0 saturated carbocycles. The summed E-state index contributed by atoms with van der Waals surface area (Å²) in [5.41, 5.74) is 0.711. The Morgan fingerprint density at radius 1 is 1.53 bits per heavy atom. The van der Waals surface area contributed by atoms with Crippen molar-refractivity contribution in [1.82, 2.24) is 10.2 Å². The van der Waals surface area contributed by atoms with E-state index in [0.29, 0.717) is 23.0 Å². The molecule has 0 aromatic heterocycles. The molecule has 0 spiro atoms. The summed E-state index contributed by atoms with van der Waals surface area (Å²) < 4.78 is 0. The lowest BCUT2D eigenvalue weighted by Crippen LogP contribution is -2.41. The minimum atomic E-state index is 0.160. The lowest BCUT2D eigenvalue weighted by molar-refractivity contribution is 0.0886. The van der Waals surface area contributed by atoms with Crippen LogP contribution in [0.15, 0.2) is 24.3 Å². The number of Topliss-reactive ketones (excluding diaryl/α,β-unsaturated/α-hetero) is 1. The Hall–Kier alpha value is -0.900. The standard InChI is InChI=1S/C15H21ClN2O/c1-17-9-12-4-3-7-18(10-12)11-15(19)13-5-2-6-14(16)8-13/h2,5-6,8,12,17H,3-4,7,9-11H2,1H3. The highest BCUT2D eigenvalue weighted by Crippen LogP contribution is 2.17. The van der Waals surface area contributed by atoms with Crippen LogP contribution in [0, 0.1) is 5.92 Å². The van der Waals surface area contributed by atoms with Crippen LogP contribution in [0.2, 0.25) is 5.02 Å². The largest absolute Gasteiger partial charge is 0.319 e. The SMILES string of the molecule is CNCC1CCCN(CC(=O)c2cccc(Cl)c2)C1. The summed E-state index contributed by atoms with van der Waals surface area (Å²) in [7, 11) is 1.98. The van der Waals surface area contributed by atoms with Crippen molar-refractivity contribution in [3.05, 3.63) is 34.9 Å². The zero-order chi connectivity index (χ0) is 13.7. The van der Waals surface area contributed by atoms with Gasteiger partial charge in [-0.2, -0.15) is 0 Å². The number of carbonyl (C=O) groups excluding carboxylic acids is 1. The third kappa shape index (κ3) is 4.30. The van der Waals surface area contributed by atoms with E-state index in [1.807, 2.05) is 19.2 Å². The molecule has 1 aliphatic heterocycles. The summed E-state index contributed by atoms with van der Waals surface area (Å²) in [4.78, 5) is 14.5. The molecular weight excluding hydrogens is 260 g/mol. The Kier molecular flexibility index (Phi) is 5.37. The second-order valence-corrected chi connectivity index (χ2v) is 5.67. The van der Waals surface area contributed by atoms with E-state index < -0.39 is 0 Å². The van der Waals surface area contributed by atoms with Crippen molar-refractivity contribution >= 4 is 17.4 Å². The summed E-state index contributed by atoms with van der Waals surface area (Å²) in [6.07, 6.45) is 2.43. The predicted octanol–water partition coefficient (Wildman–Crippen LogP) is 2.45. The Bertz CT molecular complexity index is 434. The maximum absolute atomic E-state index is 12.2. The summed E-state index contributed by atoms with van der Waals surface area (Å²) in [5, 5.41) is 3.84. The molecular formula is C15H21ClN2O. The molecule has 1 atom stereocenters. The second kappa shape index (κ2) is 7.04. The average molecular weight is 281 g/mol. The minimum absolute atomic E-state index is 0.160. The van der Waals surface area contributed by atoms with Crippen LogP contribution in [-0.2, 0) is 0 Å². The maximum Gasteiger partial charge on any atom is 0.176 e. The molecule has 0 aliphatic carbocycles. The molecule has 2 rings (SSSR count). The summed E-state index contributed by atoms with van der Waals surface area (Å²) in [6, 6.07) is 7.21. The van der Waals surface area contributed by atoms with Gasteiger partial charge in [0.1, 0.15) is 0 Å². The van der Waals surface area contributed by atoms with Crippen LogP contribution in [0.25, 0.3) is 0 Å². The molecule has 0 amide bonds. The number of ketones is 1. The van der Waals surface area contributed by atoms with Gasteiger partial charge >= 0.3 is 0 Å². The van der Waals surface area contributed by atoms with E-state index in [1.54, 1.807) is 12.1 Å². The smallest absolute Gasteiger partial charge is 0.176 e. The van der Waals surface area contributed by atoms with Gasteiger partial charge in [-0.3, -0.25) is 9.69 Å². The van der Waals surface area contributed by atoms with E-state index in [-0.39, 0.29) is 5.78 Å². The quantitative estimate of drug-likeness (QED) is 0.841. The van der Waals surface area contributed by atoms with Crippen molar-refractivity contribution in [2.24, 2.45) is 5.92 Å². The van der Waals surface area contributed by atoms with Gasteiger partial charge in [-0.05, 0) is 51.0 Å². The number of hydrogen-bond donors (Lipinski definition) is 1. The van der Waals surface area contributed by atoms with E-state index in [2.05, 4.69) is 10.2 Å². The molecule has 1 aliphatic rings. The predicted molar refractivity (Wildman–Crippen MR) is 78.9 cm³/mol. The monoisotopic (exact) mass is 280 g/mol. The fourth-order valence-electron chi connectivity index (χ4n) is 2.71. The third-order valence-electron chi connectivity index (χ3n) is 3.61. The van der Waals surface area contributed by atoms with Crippen molar-refractivity contribution in [2.45, 2.75) is 12.8 Å². The van der Waals surface area contributed by atoms with Gasteiger partial charge < -0.3 is 5.32 Å². The number of hydrogen-bond acceptors (Lipinski definition) is 3. The molecule has 0 bridgehead atoms. The lowest BCUT2D eigenvalue weighted by atomic mass is 9.97. The van der Waals surface area contributed by atoms with E-state index in [9.17, 15) is 4.79 Å². The summed E-state index contributed by atoms with van der Waals surface area (Å²) in [6.45, 7) is 3.56. The molecule has 0 radical (unpaired) electrons. The number of nitrogens with one attached hydrogen (secondary N) is 1. The zero-order valence-electron chi connectivity index (χ0n) is 11.4. The van der Waals surface area contributed by atoms with Crippen molar-refractivity contribution in [3.63, 3.8) is 0 Å². The molecule has 1 aromatic rings. The fourth-order valence-corrected chi connectivity index (χ4v) is 2.90. The molecule has 104 valence electrons. The van der Waals surface area contributed by atoms with Gasteiger partial charge in [-0.15, -0.1) is 0 Å². The first-order valence-electron chi connectivity index (χ1n) is 6.85. The van der Waals surface area contributed by atoms with Crippen LogP contribution in [0.3, 0.4) is 0 Å². The van der Waals surface area contributed by atoms with Gasteiger partial charge in [0.2, 0.25) is 0 Å². The minimum Gasteiger partial charge on any atom is -0.319 e. The van der Waals surface area contributed by atoms with Gasteiger partial charge in [-0.1, -0.05) is 23.7 Å². The van der Waals surface area contributed by atoms with Crippen LogP contribution in [0.1, 0.15) is 23.2 Å². The highest BCUT2D eigenvalue weighted by Gasteiger charge is 2.21. The van der Waals surface area contributed by atoms with E-state index in [4.69, 9.17) is 11.6 Å². The maximum atomic E-state index is 12.2. The topological polar surface area (TPSA) is 32.3 Å². The average Bonchev–Trinajstić information content (AvgIpc) is 2.39. The first-order chi connectivity index (χ1) is 9.19. The molecule has 1 heterocycles. The lowest BCUT2D eigenvalue weighted by Gasteiger charge is -2.32. The fraction of sp³-hybridized carbons (Fsp3) is 0.533. The first kappa shape index (κ1) is 14.5. The van der Waals surface area contributed by atoms with E-state index in [1.165, 1.54) is 12.8 Å². The van der Waals surface area contributed by atoms with Crippen molar-refractivity contribution in [3.8, 4) is 0 Å². The van der Waals surface area contributed by atoms with Crippen LogP contribution in [-0.4, -0.2) is 43.9 Å². The van der Waals surface area contributed by atoms with Crippen LogP contribution in [0.5, 0.6) is 0 Å². The van der Waals surface area contributed by atoms with Gasteiger partial charge in [0, 0.05) is 17.1 Å². The number of likely N-dealkylation sites (tertiary alicyclic amines) is 1. The van der Waals surface area contributed by atoms with Gasteiger partial charge in [0.15, 0.2) is 5.78 Å². The third-order valence-corrected chi connectivity index (χ3v) is 3.84. The molecule has 1 fully saturated rings. The van der Waals surface area contributed by atoms with Crippen molar-refractivity contribution in [2.75, 3.05) is 33.2 Å². The number of rotatable bonds is 5. The molecule has 19 heavy (non-hydrogen) atoms. The summed E-state index contributed by atoms with van der Waals surface area (Å²) >= 11 is 5.92. The first-order valence-corrected chi connectivity index (χ1v) is 7.22. The number of halogens is 1. The molecule has 1 N–H and O–H groups in total. The number of carbonyl (C=O) groups is 1. The highest BCUT2D eigenvalue weighted by atomic mass is 35.5. The Balaban J connectivity index is 1.91. The van der Waals surface area contributed by atoms with Crippen LogP contribution >= 0.6 is 11.6 Å². The van der Waals surface area contributed by atoms with Crippen LogP contribution < -0.4 is 5.32 Å². The van der Waals surface area contributed by atoms with Crippen molar-refractivity contribution in [1.29, 1.82) is 0 Å². The normalized spacial score (nSPS) is 20.4. The Morgan fingerprint density at radius 2 is 2.37 bits per heavy atom. The zero-order valence-corrected chi connectivity index (χ0v) is 12.1. The number of benzene rings is 1. The van der Waals surface area contributed by atoms with Gasteiger partial charge in [0.25, 0.3) is 0 Å². The number of piperidine rings is 1. The molecule has 1 saturated heterocycles. The molecule has 4 heteroatoms. The number of nitrogens with zero attached hydrogens (tertiary/aromatic N) is 1. The Morgan fingerprint density at radius 3 is 3.11 bits per heavy atom. The van der Waals surface area contributed by atoms with Crippen LogP contribution in [0.4, 0.5) is 0 Å². The second-order valence-electron chi connectivity index (χ2n) is 5.23. The Labute approximate surface area is 119 Å². The van der Waals surface area contributed by atoms with Crippen molar-refractivity contribution < 1.29 is 4.79 Å². The van der Waals surface area contributed by atoms with E-state index >= 15 is 0 Å². The molecule has 1 unspecified atom stereocenters. The van der Waals surface area contributed by atoms with Gasteiger partial charge in [0.05, 0.1) is 6.54 Å².